The molecule has 4 rings (SSSR count). The van der Waals surface area contributed by atoms with E-state index in [0.717, 1.165) is 22.5 Å². The summed E-state index contributed by atoms with van der Waals surface area (Å²) in [5.41, 5.74) is 4.82. The van der Waals surface area contributed by atoms with Crippen LogP contribution in [0.5, 0.6) is 0 Å². The van der Waals surface area contributed by atoms with Crippen molar-refractivity contribution in [3.05, 3.63) is 102 Å². The van der Waals surface area contributed by atoms with Gasteiger partial charge >= 0.3 is 0 Å². The molecule has 0 aliphatic carbocycles. The molecule has 0 saturated carbocycles. The van der Waals surface area contributed by atoms with E-state index in [0.29, 0.717) is 17.8 Å². The molecule has 4 aromatic rings. The van der Waals surface area contributed by atoms with Gasteiger partial charge in [-0.3, -0.25) is 9.59 Å². The predicted octanol–water partition coefficient (Wildman–Crippen LogP) is 4.77. The van der Waals surface area contributed by atoms with Crippen molar-refractivity contribution in [3.63, 3.8) is 0 Å². The van der Waals surface area contributed by atoms with Gasteiger partial charge in [-0.05, 0) is 30.3 Å². The minimum absolute atomic E-state index is 0.135. The van der Waals surface area contributed by atoms with Crippen molar-refractivity contribution in [1.82, 2.24) is 14.7 Å². The molecule has 0 aliphatic heterocycles. The topological polar surface area (TPSA) is 67.2 Å². The van der Waals surface area contributed by atoms with E-state index in [4.69, 9.17) is 5.10 Å². The molecule has 0 spiro atoms. The standard InChI is InChI=1S/C26H24N4O2/c1-19(31)27-23-13-9-12-21(16-23)26(32)29(2)17-22-18-30(24-14-7-4-8-15-24)28-25(22)20-10-5-3-6-11-20/h3-16,18H,17H2,1-2H3,(H,27,31). The van der Waals surface area contributed by atoms with Gasteiger partial charge in [-0.1, -0.05) is 54.6 Å². The van der Waals surface area contributed by atoms with Crippen molar-refractivity contribution in [2.75, 3.05) is 12.4 Å². The molecule has 160 valence electrons. The zero-order valence-electron chi connectivity index (χ0n) is 18.0. The van der Waals surface area contributed by atoms with E-state index in [1.165, 1.54) is 6.92 Å². The summed E-state index contributed by atoms with van der Waals surface area (Å²) in [5, 5.41) is 7.53. The number of nitrogens with zero attached hydrogens (tertiary/aromatic N) is 3. The summed E-state index contributed by atoms with van der Waals surface area (Å²) in [6.07, 6.45) is 1.97. The van der Waals surface area contributed by atoms with Crippen LogP contribution in [0.4, 0.5) is 5.69 Å². The molecule has 1 N–H and O–H groups in total. The van der Waals surface area contributed by atoms with Crippen LogP contribution < -0.4 is 5.32 Å². The third kappa shape index (κ3) is 4.75. The highest BCUT2D eigenvalue weighted by Crippen LogP contribution is 2.25. The number of aromatic nitrogens is 2. The summed E-state index contributed by atoms with van der Waals surface area (Å²) in [7, 11) is 1.77. The number of carbonyl (C=O) groups is 2. The maximum atomic E-state index is 13.1. The number of nitrogens with one attached hydrogen (secondary N) is 1. The van der Waals surface area contributed by atoms with Crippen molar-refractivity contribution in [2.24, 2.45) is 0 Å². The van der Waals surface area contributed by atoms with Gasteiger partial charge in [0, 0.05) is 49.1 Å². The Labute approximate surface area is 187 Å². The molecular formula is C26H24N4O2. The second kappa shape index (κ2) is 9.31. The molecule has 6 heteroatoms. The lowest BCUT2D eigenvalue weighted by Gasteiger charge is -2.18. The maximum Gasteiger partial charge on any atom is 0.253 e. The summed E-state index contributed by atoms with van der Waals surface area (Å²) in [6.45, 7) is 1.83. The number of hydrogen-bond donors (Lipinski definition) is 1. The first-order valence-electron chi connectivity index (χ1n) is 10.3. The first kappa shape index (κ1) is 21.1. The molecule has 1 aromatic heterocycles. The summed E-state index contributed by atoms with van der Waals surface area (Å²) >= 11 is 0. The Kier molecular flexibility index (Phi) is 6.12. The molecule has 3 aromatic carbocycles. The summed E-state index contributed by atoms with van der Waals surface area (Å²) in [4.78, 5) is 26.1. The van der Waals surface area contributed by atoms with Crippen molar-refractivity contribution in [1.29, 1.82) is 0 Å². The van der Waals surface area contributed by atoms with Gasteiger partial charge in [0.25, 0.3) is 5.91 Å². The first-order valence-corrected chi connectivity index (χ1v) is 10.3. The van der Waals surface area contributed by atoms with Crippen molar-refractivity contribution in [3.8, 4) is 16.9 Å². The molecule has 0 bridgehead atoms. The summed E-state index contributed by atoms with van der Waals surface area (Å²) in [5.74, 6) is -0.313. The molecule has 0 fully saturated rings. The molecule has 0 unspecified atom stereocenters. The van der Waals surface area contributed by atoms with Crippen LogP contribution in [0.25, 0.3) is 16.9 Å². The lowest BCUT2D eigenvalue weighted by molar-refractivity contribution is -0.114. The Balaban J connectivity index is 1.64. The maximum absolute atomic E-state index is 13.1. The van der Waals surface area contributed by atoms with Crippen molar-refractivity contribution >= 4 is 17.5 Å². The van der Waals surface area contributed by atoms with Gasteiger partial charge in [0.1, 0.15) is 0 Å². The third-order valence-electron chi connectivity index (χ3n) is 5.04. The molecule has 0 radical (unpaired) electrons. The number of anilines is 1. The summed E-state index contributed by atoms with van der Waals surface area (Å²) in [6, 6.07) is 26.8. The minimum atomic E-state index is -0.177. The van der Waals surface area contributed by atoms with Crippen LogP contribution in [0.1, 0.15) is 22.8 Å². The zero-order valence-corrected chi connectivity index (χ0v) is 18.0. The third-order valence-corrected chi connectivity index (χ3v) is 5.04. The molecular weight excluding hydrogens is 400 g/mol. The first-order chi connectivity index (χ1) is 15.5. The van der Waals surface area contributed by atoms with Crippen LogP contribution in [0, 0.1) is 0 Å². The number of benzene rings is 3. The number of rotatable bonds is 6. The fourth-order valence-corrected chi connectivity index (χ4v) is 3.56. The largest absolute Gasteiger partial charge is 0.337 e. The lowest BCUT2D eigenvalue weighted by Crippen LogP contribution is -2.26. The lowest BCUT2D eigenvalue weighted by atomic mass is 10.1. The van der Waals surface area contributed by atoms with Gasteiger partial charge in [0.15, 0.2) is 0 Å². The molecule has 6 nitrogen and oxygen atoms in total. The Hall–Kier alpha value is -4.19. The Morgan fingerprint density at radius 3 is 2.31 bits per heavy atom. The Morgan fingerprint density at radius 2 is 1.62 bits per heavy atom. The number of hydrogen-bond acceptors (Lipinski definition) is 3. The molecule has 32 heavy (non-hydrogen) atoms. The second-order valence-corrected chi connectivity index (χ2v) is 7.57. The van der Waals surface area contributed by atoms with Gasteiger partial charge < -0.3 is 10.2 Å². The Morgan fingerprint density at radius 1 is 0.938 bits per heavy atom. The molecule has 0 saturated heterocycles. The van der Waals surface area contributed by atoms with Crippen LogP contribution in [-0.4, -0.2) is 33.5 Å². The van der Waals surface area contributed by atoms with Crippen LogP contribution in [0.2, 0.25) is 0 Å². The van der Waals surface area contributed by atoms with Gasteiger partial charge in [0.2, 0.25) is 5.91 Å². The normalized spacial score (nSPS) is 10.6. The summed E-state index contributed by atoms with van der Waals surface area (Å²) < 4.78 is 1.84. The average Bonchev–Trinajstić information content (AvgIpc) is 3.23. The van der Waals surface area contributed by atoms with E-state index in [-0.39, 0.29) is 11.8 Å². The molecule has 0 atom stereocenters. The SMILES string of the molecule is CC(=O)Nc1cccc(C(=O)N(C)Cc2cn(-c3ccccc3)nc2-c2ccccc2)c1. The predicted molar refractivity (Wildman–Crippen MR) is 126 cm³/mol. The van der Waals surface area contributed by atoms with E-state index in [1.54, 1.807) is 36.2 Å². The number of para-hydroxylation sites is 1. The van der Waals surface area contributed by atoms with Crippen LogP contribution in [-0.2, 0) is 11.3 Å². The molecule has 1 heterocycles. The molecule has 2 amide bonds. The van der Waals surface area contributed by atoms with E-state index in [1.807, 2.05) is 71.5 Å². The minimum Gasteiger partial charge on any atom is -0.337 e. The van der Waals surface area contributed by atoms with E-state index < -0.39 is 0 Å². The van der Waals surface area contributed by atoms with Crippen molar-refractivity contribution < 1.29 is 9.59 Å². The quantitative estimate of drug-likeness (QED) is 0.485. The van der Waals surface area contributed by atoms with Gasteiger partial charge in [-0.25, -0.2) is 4.68 Å². The Bertz CT molecular complexity index is 1230. The fourth-order valence-electron chi connectivity index (χ4n) is 3.56. The second-order valence-electron chi connectivity index (χ2n) is 7.57. The van der Waals surface area contributed by atoms with E-state index >= 15 is 0 Å². The van der Waals surface area contributed by atoms with E-state index in [2.05, 4.69) is 5.32 Å². The van der Waals surface area contributed by atoms with Crippen LogP contribution in [0.15, 0.2) is 91.1 Å². The highest BCUT2D eigenvalue weighted by molar-refractivity contribution is 5.96. The van der Waals surface area contributed by atoms with Gasteiger partial charge in [-0.2, -0.15) is 5.10 Å². The monoisotopic (exact) mass is 424 g/mol. The molecule has 0 aliphatic rings. The fraction of sp³-hybridized carbons (Fsp3) is 0.115. The van der Waals surface area contributed by atoms with Gasteiger partial charge in [-0.15, -0.1) is 0 Å². The van der Waals surface area contributed by atoms with Gasteiger partial charge in [0.05, 0.1) is 11.4 Å². The van der Waals surface area contributed by atoms with Crippen LogP contribution in [0.3, 0.4) is 0 Å². The number of carbonyl (C=O) groups excluding carboxylic acids is 2. The highest BCUT2D eigenvalue weighted by atomic mass is 16.2. The van der Waals surface area contributed by atoms with Crippen molar-refractivity contribution in [2.45, 2.75) is 13.5 Å². The average molecular weight is 425 g/mol. The van der Waals surface area contributed by atoms with Crippen LogP contribution >= 0.6 is 0 Å². The highest BCUT2D eigenvalue weighted by Gasteiger charge is 2.18. The zero-order chi connectivity index (χ0) is 22.5. The smallest absolute Gasteiger partial charge is 0.253 e. The van der Waals surface area contributed by atoms with E-state index in [9.17, 15) is 9.59 Å². The number of amides is 2.